The molecular formula is C18H14N4O4S. The van der Waals surface area contributed by atoms with E-state index in [1.807, 2.05) is 0 Å². The third-order valence-corrected chi connectivity index (χ3v) is 4.43. The van der Waals surface area contributed by atoms with E-state index >= 15 is 0 Å². The molecule has 0 aliphatic rings. The molecule has 0 saturated heterocycles. The van der Waals surface area contributed by atoms with Crippen LogP contribution in [0.3, 0.4) is 0 Å². The maximum absolute atomic E-state index is 12.5. The molecule has 0 bridgehead atoms. The summed E-state index contributed by atoms with van der Waals surface area (Å²) < 4.78 is 0. The van der Waals surface area contributed by atoms with Crippen LogP contribution in [0.4, 0.5) is 16.5 Å². The van der Waals surface area contributed by atoms with Gasteiger partial charge in [-0.1, -0.05) is 18.2 Å². The Morgan fingerprint density at radius 2 is 1.89 bits per heavy atom. The van der Waals surface area contributed by atoms with Crippen LogP contribution in [0.1, 0.15) is 26.3 Å². The Kier molecular flexibility index (Phi) is 5.23. The molecule has 2 N–H and O–H groups in total. The first-order chi connectivity index (χ1) is 13.0. The molecule has 1 aromatic heterocycles. The fourth-order valence-corrected chi connectivity index (χ4v) is 2.91. The second kappa shape index (κ2) is 7.75. The number of nitro benzene ring substituents is 1. The number of carbonyl (C=O) groups is 2. The molecule has 0 radical (unpaired) electrons. The SMILES string of the molecule is Cc1ccc(C(=O)Nc2ccccc2C(=O)Nc2nccs2)cc1[N+](=O)[O-]. The molecular weight excluding hydrogens is 368 g/mol. The van der Waals surface area contributed by atoms with Crippen LogP contribution in [0, 0.1) is 17.0 Å². The molecule has 8 nitrogen and oxygen atoms in total. The maximum atomic E-state index is 12.5. The zero-order valence-electron chi connectivity index (χ0n) is 14.1. The molecule has 27 heavy (non-hydrogen) atoms. The number of hydrogen-bond donors (Lipinski definition) is 2. The highest BCUT2D eigenvalue weighted by Crippen LogP contribution is 2.22. The average Bonchev–Trinajstić information content (AvgIpc) is 3.15. The van der Waals surface area contributed by atoms with Gasteiger partial charge in [0.1, 0.15) is 0 Å². The summed E-state index contributed by atoms with van der Waals surface area (Å²) in [5.41, 5.74) is 0.988. The van der Waals surface area contributed by atoms with E-state index in [-0.39, 0.29) is 16.8 Å². The summed E-state index contributed by atoms with van der Waals surface area (Å²) in [6, 6.07) is 10.7. The summed E-state index contributed by atoms with van der Waals surface area (Å²) in [6.45, 7) is 1.60. The second-order valence-electron chi connectivity index (χ2n) is 5.55. The summed E-state index contributed by atoms with van der Waals surface area (Å²) >= 11 is 1.27. The number of thiazole rings is 1. The number of nitro groups is 1. The molecule has 0 atom stereocenters. The van der Waals surface area contributed by atoms with Gasteiger partial charge in [-0.3, -0.25) is 25.0 Å². The van der Waals surface area contributed by atoms with Gasteiger partial charge in [-0.2, -0.15) is 0 Å². The molecule has 9 heteroatoms. The minimum absolute atomic E-state index is 0.127. The fourth-order valence-electron chi connectivity index (χ4n) is 2.38. The van der Waals surface area contributed by atoms with E-state index in [4.69, 9.17) is 0 Å². The van der Waals surface area contributed by atoms with Gasteiger partial charge in [0, 0.05) is 28.8 Å². The van der Waals surface area contributed by atoms with Crippen LogP contribution in [0.5, 0.6) is 0 Å². The molecule has 0 unspecified atom stereocenters. The molecule has 2 amide bonds. The number of rotatable bonds is 5. The number of amides is 2. The quantitative estimate of drug-likeness (QED) is 0.514. The second-order valence-corrected chi connectivity index (χ2v) is 6.44. The Hall–Kier alpha value is -3.59. The Labute approximate surface area is 158 Å². The number of aryl methyl sites for hydroxylation is 1. The van der Waals surface area contributed by atoms with Gasteiger partial charge in [-0.05, 0) is 25.1 Å². The topological polar surface area (TPSA) is 114 Å². The first-order valence-electron chi connectivity index (χ1n) is 7.82. The van der Waals surface area contributed by atoms with Gasteiger partial charge in [-0.15, -0.1) is 11.3 Å². The highest BCUT2D eigenvalue weighted by Gasteiger charge is 2.18. The number of aromatic nitrogens is 1. The van der Waals surface area contributed by atoms with Crippen molar-refractivity contribution in [1.29, 1.82) is 0 Å². The normalized spacial score (nSPS) is 10.3. The van der Waals surface area contributed by atoms with E-state index in [1.54, 1.807) is 42.8 Å². The third kappa shape index (κ3) is 4.15. The summed E-state index contributed by atoms with van der Waals surface area (Å²) in [5, 5.41) is 18.5. The van der Waals surface area contributed by atoms with Crippen LogP contribution in [-0.2, 0) is 0 Å². The largest absolute Gasteiger partial charge is 0.321 e. The van der Waals surface area contributed by atoms with Crippen molar-refractivity contribution in [1.82, 2.24) is 4.98 Å². The molecule has 1 heterocycles. The van der Waals surface area contributed by atoms with E-state index < -0.39 is 16.7 Å². The van der Waals surface area contributed by atoms with Crippen molar-refractivity contribution in [3.8, 4) is 0 Å². The smallest absolute Gasteiger partial charge is 0.273 e. The zero-order chi connectivity index (χ0) is 19.4. The maximum Gasteiger partial charge on any atom is 0.273 e. The van der Waals surface area contributed by atoms with Gasteiger partial charge in [0.2, 0.25) is 0 Å². The van der Waals surface area contributed by atoms with Crippen LogP contribution in [0.15, 0.2) is 54.0 Å². The van der Waals surface area contributed by atoms with Gasteiger partial charge in [0.25, 0.3) is 17.5 Å². The van der Waals surface area contributed by atoms with E-state index in [0.29, 0.717) is 16.4 Å². The first-order valence-corrected chi connectivity index (χ1v) is 8.70. The Morgan fingerprint density at radius 1 is 1.11 bits per heavy atom. The van der Waals surface area contributed by atoms with E-state index in [2.05, 4.69) is 15.6 Å². The van der Waals surface area contributed by atoms with Gasteiger partial charge in [0.05, 0.1) is 16.2 Å². The van der Waals surface area contributed by atoms with E-state index in [0.717, 1.165) is 0 Å². The molecule has 0 spiro atoms. The van der Waals surface area contributed by atoms with E-state index in [9.17, 15) is 19.7 Å². The minimum Gasteiger partial charge on any atom is -0.321 e. The lowest BCUT2D eigenvalue weighted by Crippen LogP contribution is -2.18. The number of benzene rings is 2. The van der Waals surface area contributed by atoms with Crippen molar-refractivity contribution in [3.05, 3.63) is 80.8 Å². The highest BCUT2D eigenvalue weighted by molar-refractivity contribution is 7.13. The van der Waals surface area contributed by atoms with Crippen molar-refractivity contribution in [2.45, 2.75) is 6.92 Å². The number of para-hydroxylation sites is 1. The van der Waals surface area contributed by atoms with Crippen molar-refractivity contribution in [2.24, 2.45) is 0 Å². The summed E-state index contributed by atoms with van der Waals surface area (Å²) in [4.78, 5) is 39.5. The van der Waals surface area contributed by atoms with Crippen LogP contribution >= 0.6 is 11.3 Å². The molecule has 136 valence electrons. The predicted octanol–water partition coefficient (Wildman–Crippen LogP) is 3.86. The van der Waals surface area contributed by atoms with E-state index in [1.165, 1.54) is 29.5 Å². The third-order valence-electron chi connectivity index (χ3n) is 3.74. The summed E-state index contributed by atoms with van der Waals surface area (Å²) in [5.74, 6) is -0.969. The van der Waals surface area contributed by atoms with Crippen molar-refractivity contribution >= 4 is 39.7 Å². The van der Waals surface area contributed by atoms with Gasteiger partial charge in [0.15, 0.2) is 5.13 Å². The molecule has 3 aromatic rings. The molecule has 3 rings (SSSR count). The molecule has 2 aromatic carbocycles. The zero-order valence-corrected chi connectivity index (χ0v) is 14.9. The van der Waals surface area contributed by atoms with Gasteiger partial charge < -0.3 is 5.32 Å². The number of nitrogens with zero attached hydrogens (tertiary/aromatic N) is 2. The number of anilines is 2. The van der Waals surface area contributed by atoms with Gasteiger partial charge >= 0.3 is 0 Å². The summed E-state index contributed by atoms with van der Waals surface area (Å²) in [7, 11) is 0. The van der Waals surface area contributed by atoms with Crippen LogP contribution in [-0.4, -0.2) is 21.7 Å². The number of nitrogens with one attached hydrogen (secondary N) is 2. The standard InChI is InChI=1S/C18H14N4O4S/c1-11-6-7-12(10-15(11)22(25)26)16(23)20-14-5-3-2-4-13(14)17(24)21-18-19-8-9-27-18/h2-10H,1H3,(H,20,23)(H,19,21,24). The van der Waals surface area contributed by atoms with Crippen LogP contribution in [0.2, 0.25) is 0 Å². The van der Waals surface area contributed by atoms with Crippen molar-refractivity contribution in [2.75, 3.05) is 10.6 Å². The molecule has 0 fully saturated rings. The number of carbonyl (C=O) groups excluding carboxylic acids is 2. The van der Waals surface area contributed by atoms with Gasteiger partial charge in [-0.25, -0.2) is 4.98 Å². The van der Waals surface area contributed by atoms with Crippen molar-refractivity contribution in [3.63, 3.8) is 0 Å². The Morgan fingerprint density at radius 3 is 2.59 bits per heavy atom. The lowest BCUT2D eigenvalue weighted by molar-refractivity contribution is -0.385. The highest BCUT2D eigenvalue weighted by atomic mass is 32.1. The molecule has 0 aliphatic carbocycles. The Balaban J connectivity index is 1.84. The lowest BCUT2D eigenvalue weighted by atomic mass is 10.1. The minimum atomic E-state index is -0.549. The fraction of sp³-hybridized carbons (Fsp3) is 0.0556. The summed E-state index contributed by atoms with van der Waals surface area (Å²) in [6.07, 6.45) is 1.57. The molecule has 0 aliphatic heterocycles. The Bertz CT molecular complexity index is 1020. The molecule has 0 saturated carbocycles. The average molecular weight is 382 g/mol. The van der Waals surface area contributed by atoms with Crippen LogP contribution in [0.25, 0.3) is 0 Å². The predicted molar refractivity (Wildman–Crippen MR) is 102 cm³/mol. The first kappa shape index (κ1) is 18.2. The monoisotopic (exact) mass is 382 g/mol. The lowest BCUT2D eigenvalue weighted by Gasteiger charge is -2.11. The van der Waals surface area contributed by atoms with Crippen LogP contribution < -0.4 is 10.6 Å². The van der Waals surface area contributed by atoms with Crippen molar-refractivity contribution < 1.29 is 14.5 Å². The number of hydrogen-bond acceptors (Lipinski definition) is 6.